The van der Waals surface area contributed by atoms with Gasteiger partial charge >= 0.3 is 0 Å². The molecule has 4 aromatic rings. The molecule has 6 rings (SSSR count). The number of aryl methyl sites for hydroxylation is 2. The molecule has 0 amide bonds. The van der Waals surface area contributed by atoms with Crippen molar-refractivity contribution in [2.45, 2.75) is 38.6 Å². The summed E-state index contributed by atoms with van der Waals surface area (Å²) < 4.78 is 8.22. The van der Waals surface area contributed by atoms with E-state index in [1.54, 1.807) is 0 Å². The fraction of sp³-hybridized carbons (Fsp3) is 0.346. The molecular weight excluding hydrogens is 440 g/mol. The zero-order chi connectivity index (χ0) is 24.3. The van der Waals surface area contributed by atoms with Crippen molar-refractivity contribution in [2.75, 3.05) is 31.2 Å². The highest BCUT2D eigenvalue weighted by Gasteiger charge is 2.38. The van der Waals surface area contributed by atoms with Crippen LogP contribution in [-0.4, -0.2) is 44.8 Å². The maximum Gasteiger partial charge on any atom is 0.263 e. The largest absolute Gasteiger partial charge is 0.448 e. The fourth-order valence-electron chi connectivity index (χ4n) is 5.37. The lowest BCUT2D eigenvalue weighted by Crippen LogP contribution is -2.46. The molecule has 180 valence electrons. The molecule has 0 aliphatic carbocycles. The van der Waals surface area contributed by atoms with Gasteiger partial charge in [0.1, 0.15) is 17.8 Å². The molecule has 2 aromatic carbocycles. The number of nitrogens with zero attached hydrogens (tertiary/aromatic N) is 5. The Morgan fingerprint density at radius 2 is 1.94 bits per heavy atom. The van der Waals surface area contributed by atoms with Crippen molar-refractivity contribution in [3.63, 3.8) is 0 Å². The number of benzene rings is 2. The number of likely N-dealkylation sites (tertiary alicyclic amines) is 1. The van der Waals surface area contributed by atoms with E-state index in [2.05, 4.69) is 46.3 Å². The van der Waals surface area contributed by atoms with E-state index >= 15 is 0 Å². The number of hydrogen-bond acceptors (Lipinski definition) is 8. The van der Waals surface area contributed by atoms with Gasteiger partial charge in [0.05, 0.1) is 17.1 Å². The summed E-state index contributed by atoms with van der Waals surface area (Å²) in [6.45, 7) is 6.11. The number of nitrogens with two attached hydrogens (primary N) is 2. The highest BCUT2D eigenvalue weighted by atomic mass is 16.5. The Labute approximate surface area is 204 Å². The van der Waals surface area contributed by atoms with Crippen LogP contribution < -0.4 is 21.5 Å². The molecule has 2 aliphatic rings. The molecule has 0 bridgehead atoms. The first-order chi connectivity index (χ1) is 16.8. The van der Waals surface area contributed by atoms with E-state index in [1.807, 2.05) is 35.9 Å². The number of rotatable bonds is 3. The lowest BCUT2D eigenvalue weighted by Gasteiger charge is -2.29. The maximum atomic E-state index is 6.67. The number of piperidine rings is 1. The monoisotopic (exact) mass is 470 g/mol. The van der Waals surface area contributed by atoms with Crippen molar-refractivity contribution in [3.8, 4) is 17.0 Å². The summed E-state index contributed by atoms with van der Waals surface area (Å²) in [5.41, 5.74) is 19.4. The lowest BCUT2D eigenvalue weighted by molar-refractivity contribution is 0.125. The van der Waals surface area contributed by atoms with Crippen LogP contribution in [0.1, 0.15) is 35.6 Å². The van der Waals surface area contributed by atoms with Crippen molar-refractivity contribution in [3.05, 3.63) is 59.4 Å². The quantitative estimate of drug-likeness (QED) is 0.416. The SMILES string of the molecule is Cc1cc(C)c2c(c1)NC(N)(c1ccc(-c3nn(C4CCCN(C)C4)c4ncnc(N)c34)cc1)O2. The van der Waals surface area contributed by atoms with Gasteiger partial charge in [0.15, 0.2) is 11.4 Å². The van der Waals surface area contributed by atoms with E-state index < -0.39 is 5.85 Å². The van der Waals surface area contributed by atoms with Gasteiger partial charge in [-0.15, -0.1) is 0 Å². The first-order valence-corrected chi connectivity index (χ1v) is 12.0. The van der Waals surface area contributed by atoms with Gasteiger partial charge in [0, 0.05) is 17.7 Å². The van der Waals surface area contributed by atoms with Gasteiger partial charge in [-0.05, 0) is 57.5 Å². The summed E-state index contributed by atoms with van der Waals surface area (Å²) in [6, 6.07) is 12.3. The zero-order valence-corrected chi connectivity index (χ0v) is 20.2. The summed E-state index contributed by atoms with van der Waals surface area (Å²) in [5.74, 6) is 0.0755. The van der Waals surface area contributed by atoms with E-state index in [4.69, 9.17) is 21.3 Å². The standard InChI is InChI=1S/C26H30N8O/c1-15-11-16(2)23-20(12-15)31-26(28,35-23)18-8-6-17(7-9-18)22-21-24(27)29-14-30-25(21)34(32-22)19-5-4-10-33(3)13-19/h6-9,11-12,14,19,31H,4-5,10,13,28H2,1-3H3,(H2,27,29,30). The van der Waals surface area contributed by atoms with E-state index in [0.717, 1.165) is 76.3 Å². The summed E-state index contributed by atoms with van der Waals surface area (Å²) in [7, 11) is 2.14. The van der Waals surface area contributed by atoms with E-state index in [9.17, 15) is 0 Å². The second-order valence-corrected chi connectivity index (χ2v) is 9.81. The third kappa shape index (κ3) is 3.59. The zero-order valence-electron chi connectivity index (χ0n) is 20.2. The van der Waals surface area contributed by atoms with E-state index in [-0.39, 0.29) is 6.04 Å². The number of anilines is 2. The number of nitrogen functional groups attached to an aromatic ring is 1. The van der Waals surface area contributed by atoms with E-state index in [0.29, 0.717) is 5.82 Å². The van der Waals surface area contributed by atoms with Crippen molar-refractivity contribution >= 4 is 22.5 Å². The molecule has 9 nitrogen and oxygen atoms in total. The Hall–Kier alpha value is -3.69. The number of likely N-dealkylation sites (N-methyl/N-ethyl adjacent to an activating group) is 1. The first-order valence-electron chi connectivity index (χ1n) is 12.0. The molecule has 1 saturated heterocycles. The molecule has 35 heavy (non-hydrogen) atoms. The van der Waals surface area contributed by atoms with Crippen LogP contribution >= 0.6 is 0 Å². The maximum absolute atomic E-state index is 6.67. The Balaban J connectivity index is 1.37. The van der Waals surface area contributed by atoms with Crippen LogP contribution in [0.4, 0.5) is 11.5 Å². The van der Waals surface area contributed by atoms with Crippen molar-refractivity contribution in [1.82, 2.24) is 24.6 Å². The number of hydrogen-bond donors (Lipinski definition) is 3. The second-order valence-electron chi connectivity index (χ2n) is 9.81. The lowest BCUT2D eigenvalue weighted by atomic mass is 10.0. The van der Waals surface area contributed by atoms with Crippen LogP contribution in [0, 0.1) is 13.8 Å². The number of nitrogens with one attached hydrogen (secondary N) is 1. The predicted molar refractivity (Wildman–Crippen MR) is 137 cm³/mol. The molecular formula is C26H30N8O. The second kappa shape index (κ2) is 7.93. The molecule has 1 fully saturated rings. The minimum absolute atomic E-state index is 0.243. The minimum atomic E-state index is -1.14. The van der Waals surface area contributed by atoms with Gasteiger partial charge in [-0.1, -0.05) is 30.3 Å². The van der Waals surface area contributed by atoms with Crippen LogP contribution in [0.15, 0.2) is 42.7 Å². The Morgan fingerprint density at radius 3 is 2.71 bits per heavy atom. The van der Waals surface area contributed by atoms with Crippen molar-refractivity contribution in [1.29, 1.82) is 0 Å². The third-order valence-electron chi connectivity index (χ3n) is 7.05. The Morgan fingerprint density at radius 1 is 1.14 bits per heavy atom. The van der Waals surface area contributed by atoms with Gasteiger partial charge in [-0.25, -0.2) is 14.6 Å². The summed E-state index contributed by atoms with van der Waals surface area (Å²) >= 11 is 0. The van der Waals surface area contributed by atoms with Crippen LogP contribution in [-0.2, 0) is 5.85 Å². The molecule has 0 spiro atoms. The Bertz CT molecular complexity index is 1430. The summed E-state index contributed by atoms with van der Waals surface area (Å²) in [6.07, 6.45) is 3.69. The Kier molecular flexibility index (Phi) is 4.94. The smallest absolute Gasteiger partial charge is 0.263 e. The van der Waals surface area contributed by atoms with Crippen LogP contribution in [0.5, 0.6) is 5.75 Å². The molecule has 5 N–H and O–H groups in total. The summed E-state index contributed by atoms with van der Waals surface area (Å²) in [4.78, 5) is 11.1. The van der Waals surface area contributed by atoms with Gasteiger partial charge in [0.2, 0.25) is 0 Å². The molecule has 2 unspecified atom stereocenters. The molecule has 9 heteroatoms. The van der Waals surface area contributed by atoms with Gasteiger partial charge in [-0.2, -0.15) is 5.10 Å². The highest BCUT2D eigenvalue weighted by Crippen LogP contribution is 2.42. The average molecular weight is 471 g/mol. The predicted octanol–water partition coefficient (Wildman–Crippen LogP) is 3.53. The summed E-state index contributed by atoms with van der Waals surface area (Å²) in [5, 5.41) is 9.14. The first kappa shape index (κ1) is 21.8. The molecule has 2 aromatic heterocycles. The number of ether oxygens (including phenoxy) is 1. The average Bonchev–Trinajstić information content (AvgIpc) is 3.39. The number of aromatic nitrogens is 4. The van der Waals surface area contributed by atoms with Crippen LogP contribution in [0.25, 0.3) is 22.3 Å². The molecule has 0 radical (unpaired) electrons. The normalized spacial score (nSPS) is 22.1. The van der Waals surface area contributed by atoms with Gasteiger partial charge < -0.3 is 20.7 Å². The van der Waals surface area contributed by atoms with E-state index in [1.165, 1.54) is 6.33 Å². The van der Waals surface area contributed by atoms with Gasteiger partial charge in [0.25, 0.3) is 5.85 Å². The molecule has 2 atom stereocenters. The molecule has 0 saturated carbocycles. The number of fused-ring (bicyclic) bond motifs is 2. The third-order valence-corrected chi connectivity index (χ3v) is 7.05. The molecule has 4 heterocycles. The van der Waals surface area contributed by atoms with Crippen LogP contribution in [0.3, 0.4) is 0 Å². The fourth-order valence-corrected chi connectivity index (χ4v) is 5.37. The molecule has 2 aliphatic heterocycles. The van der Waals surface area contributed by atoms with Crippen molar-refractivity contribution in [2.24, 2.45) is 5.73 Å². The van der Waals surface area contributed by atoms with Crippen molar-refractivity contribution < 1.29 is 4.74 Å². The highest BCUT2D eigenvalue weighted by molar-refractivity contribution is 5.98. The topological polar surface area (TPSA) is 120 Å². The van der Waals surface area contributed by atoms with Gasteiger partial charge in [-0.3, -0.25) is 5.73 Å². The van der Waals surface area contributed by atoms with Crippen LogP contribution in [0.2, 0.25) is 0 Å². The minimum Gasteiger partial charge on any atom is -0.448 e.